The van der Waals surface area contributed by atoms with Gasteiger partial charge in [-0.2, -0.15) is 0 Å². The van der Waals surface area contributed by atoms with Crippen molar-refractivity contribution >= 4 is 29.1 Å². The number of carbonyl (C=O) groups excluding carboxylic acids is 2. The van der Waals surface area contributed by atoms with E-state index >= 15 is 0 Å². The van der Waals surface area contributed by atoms with Crippen molar-refractivity contribution in [3.63, 3.8) is 0 Å². The van der Waals surface area contributed by atoms with E-state index in [2.05, 4.69) is 4.99 Å². The summed E-state index contributed by atoms with van der Waals surface area (Å²) >= 11 is 6.64. The third-order valence-electron chi connectivity index (χ3n) is 6.35. The fraction of sp³-hybridized carbons (Fsp3) is 0.522. The van der Waals surface area contributed by atoms with Crippen LogP contribution in [-0.4, -0.2) is 43.6 Å². The lowest BCUT2D eigenvalue weighted by atomic mass is 9.71. The molecule has 0 radical (unpaired) electrons. The van der Waals surface area contributed by atoms with E-state index in [0.717, 1.165) is 25.0 Å². The number of halogens is 1. The molecule has 0 aromatic heterocycles. The number of hydrogen-bond acceptors (Lipinski definition) is 7. The average Bonchev–Trinajstić information content (AvgIpc) is 3.42. The zero-order chi connectivity index (χ0) is 21.5. The standard InChI is InChI=1S/C23H24ClNO6/c1-12-20(23(27)29-10-13-4-3-7-28-13)21(22-16(25-12)5-2-6-17(22)26)14-8-18-19(9-15(14)24)31-11-30-18/h8-9,13,20-21H,2-7,10-11H2,1H3/t13-,20?,21-/m1/s1. The zero-order valence-electron chi connectivity index (χ0n) is 17.3. The highest BCUT2D eigenvalue weighted by Crippen LogP contribution is 2.48. The number of esters is 1. The van der Waals surface area contributed by atoms with Crippen LogP contribution in [0.4, 0.5) is 0 Å². The van der Waals surface area contributed by atoms with Gasteiger partial charge in [0.25, 0.3) is 0 Å². The molecule has 1 aliphatic carbocycles. The summed E-state index contributed by atoms with van der Waals surface area (Å²) < 4.78 is 22.2. The molecule has 5 rings (SSSR count). The number of allylic oxidation sites excluding steroid dienone is 2. The fourth-order valence-electron chi connectivity index (χ4n) is 4.86. The number of benzene rings is 1. The first-order valence-corrected chi connectivity index (χ1v) is 11.1. The van der Waals surface area contributed by atoms with Crippen molar-refractivity contribution in [1.29, 1.82) is 0 Å². The van der Waals surface area contributed by atoms with Crippen LogP contribution in [0.3, 0.4) is 0 Å². The van der Waals surface area contributed by atoms with Crippen molar-refractivity contribution in [2.45, 2.75) is 51.0 Å². The van der Waals surface area contributed by atoms with E-state index < -0.39 is 17.8 Å². The Morgan fingerprint density at radius 1 is 1.23 bits per heavy atom. The molecule has 164 valence electrons. The van der Waals surface area contributed by atoms with Gasteiger partial charge in [0.1, 0.15) is 12.5 Å². The molecule has 3 heterocycles. The highest BCUT2D eigenvalue weighted by Gasteiger charge is 2.44. The van der Waals surface area contributed by atoms with Gasteiger partial charge >= 0.3 is 5.97 Å². The van der Waals surface area contributed by atoms with E-state index in [0.29, 0.717) is 52.8 Å². The molecule has 0 amide bonds. The summed E-state index contributed by atoms with van der Waals surface area (Å²) in [4.78, 5) is 30.9. The largest absolute Gasteiger partial charge is 0.462 e. The van der Waals surface area contributed by atoms with Crippen molar-refractivity contribution < 1.29 is 28.5 Å². The number of hydrogen-bond donors (Lipinski definition) is 0. The van der Waals surface area contributed by atoms with Crippen LogP contribution < -0.4 is 9.47 Å². The summed E-state index contributed by atoms with van der Waals surface area (Å²) in [6.45, 7) is 2.81. The molecule has 7 nitrogen and oxygen atoms in total. The van der Waals surface area contributed by atoms with E-state index in [9.17, 15) is 9.59 Å². The second-order valence-electron chi connectivity index (χ2n) is 8.34. The van der Waals surface area contributed by atoms with Crippen LogP contribution in [-0.2, 0) is 19.1 Å². The minimum atomic E-state index is -0.736. The van der Waals surface area contributed by atoms with Crippen LogP contribution in [0.5, 0.6) is 11.5 Å². The summed E-state index contributed by atoms with van der Waals surface area (Å²) in [7, 11) is 0. The molecule has 3 aliphatic heterocycles. The van der Waals surface area contributed by atoms with Gasteiger partial charge in [0.05, 0.1) is 6.10 Å². The first kappa shape index (κ1) is 20.5. The molecule has 1 aromatic rings. The number of aliphatic imine (C=N–C) groups is 1. The van der Waals surface area contributed by atoms with E-state index in [4.69, 9.17) is 30.5 Å². The number of ether oxygens (including phenoxy) is 4. The minimum Gasteiger partial charge on any atom is -0.462 e. The van der Waals surface area contributed by atoms with Gasteiger partial charge in [-0.05, 0) is 44.2 Å². The van der Waals surface area contributed by atoms with Gasteiger partial charge in [0, 0.05) is 47.0 Å². The Morgan fingerprint density at radius 2 is 2.03 bits per heavy atom. The van der Waals surface area contributed by atoms with E-state index in [1.54, 1.807) is 12.1 Å². The van der Waals surface area contributed by atoms with Gasteiger partial charge in [-0.1, -0.05) is 11.6 Å². The summed E-state index contributed by atoms with van der Waals surface area (Å²) in [5.41, 5.74) is 2.60. The van der Waals surface area contributed by atoms with Gasteiger partial charge in [-0.15, -0.1) is 0 Å². The highest BCUT2D eigenvalue weighted by atomic mass is 35.5. The number of carbonyl (C=O) groups is 2. The first-order valence-electron chi connectivity index (χ1n) is 10.7. The molecule has 1 aromatic carbocycles. The smallest absolute Gasteiger partial charge is 0.315 e. The van der Waals surface area contributed by atoms with Crippen LogP contribution in [0.15, 0.2) is 28.4 Å². The van der Waals surface area contributed by atoms with Crippen LogP contribution in [0.25, 0.3) is 0 Å². The Kier molecular flexibility index (Phi) is 5.48. The second kappa shape index (κ2) is 8.28. The summed E-state index contributed by atoms with van der Waals surface area (Å²) in [5.74, 6) is -0.610. The normalized spacial score (nSPS) is 27.2. The molecule has 31 heavy (non-hydrogen) atoms. The molecule has 4 aliphatic rings. The topological polar surface area (TPSA) is 83.4 Å². The second-order valence-corrected chi connectivity index (χ2v) is 8.74. The van der Waals surface area contributed by atoms with Crippen molar-refractivity contribution in [3.8, 4) is 11.5 Å². The van der Waals surface area contributed by atoms with Crippen molar-refractivity contribution in [2.75, 3.05) is 20.0 Å². The van der Waals surface area contributed by atoms with Crippen LogP contribution >= 0.6 is 11.6 Å². The maximum absolute atomic E-state index is 13.3. The van der Waals surface area contributed by atoms with Gasteiger partial charge in [-0.25, -0.2) is 0 Å². The molecule has 0 spiro atoms. The third kappa shape index (κ3) is 3.74. The van der Waals surface area contributed by atoms with Gasteiger partial charge in [-0.3, -0.25) is 14.6 Å². The van der Waals surface area contributed by atoms with E-state index in [1.165, 1.54) is 0 Å². The molecule has 8 heteroatoms. The molecule has 1 fully saturated rings. The molecule has 0 N–H and O–H groups in total. The number of rotatable bonds is 4. The SMILES string of the molecule is CC1=NC2=C(C(=O)CCC2)[C@H](c2cc3c(cc2Cl)OCO3)C1C(=O)OC[C@H]1CCCO1. The van der Waals surface area contributed by atoms with Crippen molar-refractivity contribution in [1.82, 2.24) is 0 Å². The van der Waals surface area contributed by atoms with Crippen LogP contribution in [0, 0.1) is 5.92 Å². The first-order chi connectivity index (χ1) is 15.0. The molecular weight excluding hydrogens is 422 g/mol. The van der Waals surface area contributed by atoms with Crippen molar-refractivity contribution in [2.24, 2.45) is 10.9 Å². The zero-order valence-corrected chi connectivity index (χ0v) is 18.1. The molecule has 1 unspecified atom stereocenters. The Hall–Kier alpha value is -2.38. The van der Waals surface area contributed by atoms with Gasteiger partial charge < -0.3 is 18.9 Å². The van der Waals surface area contributed by atoms with Crippen molar-refractivity contribution in [3.05, 3.63) is 34.0 Å². The lowest BCUT2D eigenvalue weighted by Gasteiger charge is -2.35. The number of nitrogens with zero attached hydrogens (tertiary/aromatic N) is 1. The summed E-state index contributed by atoms with van der Waals surface area (Å²) in [5, 5.41) is 0.422. The molecule has 3 atom stereocenters. The summed E-state index contributed by atoms with van der Waals surface area (Å²) in [6.07, 6.45) is 3.65. The molecular formula is C23H24ClNO6. The predicted octanol–water partition coefficient (Wildman–Crippen LogP) is 3.97. The monoisotopic (exact) mass is 445 g/mol. The molecule has 0 bridgehead atoms. The third-order valence-corrected chi connectivity index (χ3v) is 6.68. The predicted molar refractivity (Wildman–Crippen MR) is 113 cm³/mol. The van der Waals surface area contributed by atoms with Crippen LogP contribution in [0.1, 0.15) is 50.5 Å². The van der Waals surface area contributed by atoms with Gasteiger partial charge in [0.15, 0.2) is 17.3 Å². The molecule has 0 saturated carbocycles. The number of fused-ring (bicyclic) bond motifs is 1. The molecule has 1 saturated heterocycles. The van der Waals surface area contributed by atoms with Gasteiger partial charge in [0.2, 0.25) is 6.79 Å². The number of ketones is 1. The lowest BCUT2D eigenvalue weighted by Crippen LogP contribution is -2.38. The van der Waals surface area contributed by atoms with Crippen LogP contribution in [0.2, 0.25) is 5.02 Å². The minimum absolute atomic E-state index is 0.00756. The lowest BCUT2D eigenvalue weighted by molar-refractivity contribution is -0.149. The average molecular weight is 446 g/mol. The fourth-order valence-corrected chi connectivity index (χ4v) is 5.13. The quantitative estimate of drug-likeness (QED) is 0.652. The van der Waals surface area contributed by atoms with E-state index in [1.807, 2.05) is 6.92 Å². The maximum atomic E-state index is 13.3. The highest BCUT2D eigenvalue weighted by molar-refractivity contribution is 6.32. The Labute approximate surface area is 185 Å². The Balaban J connectivity index is 1.54. The Bertz CT molecular complexity index is 994. The maximum Gasteiger partial charge on any atom is 0.315 e. The Morgan fingerprint density at radius 3 is 2.81 bits per heavy atom. The van der Waals surface area contributed by atoms with E-state index in [-0.39, 0.29) is 25.3 Å². The number of Topliss-reactive ketones (excluding diaryl/α,β-unsaturated/α-hetero) is 1. The summed E-state index contributed by atoms with van der Waals surface area (Å²) in [6, 6.07) is 3.46.